The maximum Gasteiger partial charge on any atom is 0.269 e. The summed E-state index contributed by atoms with van der Waals surface area (Å²) in [5.74, 6) is -0.0578. The van der Waals surface area contributed by atoms with Gasteiger partial charge in [0.25, 0.3) is 11.6 Å². The van der Waals surface area contributed by atoms with E-state index in [-0.39, 0.29) is 11.6 Å². The second-order valence-electron chi connectivity index (χ2n) is 6.15. The summed E-state index contributed by atoms with van der Waals surface area (Å²) in [6, 6.07) is 14.1. The van der Waals surface area contributed by atoms with Gasteiger partial charge in [0.05, 0.1) is 31.1 Å². The standard InChI is InChI=1S/C18H18BrN3O3/c19-16-5-1-14(2-6-16)13-20-9-11-21(12-10-20)18(23)15-3-7-17(8-4-15)22(24)25/h1-8H,9-13H2/p+1. The molecular formula is C18H19BrN3O3+. The van der Waals surface area contributed by atoms with Gasteiger partial charge in [-0.05, 0) is 24.3 Å². The van der Waals surface area contributed by atoms with Crippen molar-refractivity contribution in [3.63, 3.8) is 0 Å². The van der Waals surface area contributed by atoms with E-state index < -0.39 is 4.92 Å². The number of rotatable bonds is 4. The first-order valence-electron chi connectivity index (χ1n) is 8.14. The minimum atomic E-state index is -0.460. The lowest BCUT2D eigenvalue weighted by molar-refractivity contribution is -0.917. The molecule has 0 radical (unpaired) electrons. The molecule has 2 aromatic rings. The average Bonchev–Trinajstić information content (AvgIpc) is 2.64. The van der Waals surface area contributed by atoms with Gasteiger partial charge in [0.15, 0.2) is 0 Å². The molecule has 0 spiro atoms. The normalized spacial score (nSPS) is 15.2. The van der Waals surface area contributed by atoms with Gasteiger partial charge in [-0.1, -0.05) is 28.1 Å². The molecule has 0 saturated carbocycles. The lowest BCUT2D eigenvalue weighted by Gasteiger charge is -2.32. The van der Waals surface area contributed by atoms with Crippen LogP contribution in [-0.4, -0.2) is 41.9 Å². The SMILES string of the molecule is O=C(c1ccc([N+](=O)[O-])cc1)N1CC[NH+](Cc2ccc(Br)cc2)CC1. The minimum Gasteiger partial charge on any atom is -0.328 e. The molecular weight excluding hydrogens is 386 g/mol. The zero-order valence-corrected chi connectivity index (χ0v) is 15.2. The Hall–Kier alpha value is -2.25. The molecule has 1 heterocycles. The summed E-state index contributed by atoms with van der Waals surface area (Å²) in [5, 5.41) is 10.7. The fourth-order valence-corrected chi connectivity index (χ4v) is 3.27. The van der Waals surface area contributed by atoms with Crippen LogP contribution in [0.4, 0.5) is 5.69 Å². The summed E-state index contributed by atoms with van der Waals surface area (Å²) in [5.41, 5.74) is 1.79. The summed E-state index contributed by atoms with van der Waals surface area (Å²) >= 11 is 3.44. The quantitative estimate of drug-likeness (QED) is 0.624. The number of amides is 1. The Morgan fingerprint density at radius 3 is 2.24 bits per heavy atom. The lowest BCUT2D eigenvalue weighted by atomic mass is 10.1. The molecule has 6 nitrogen and oxygen atoms in total. The van der Waals surface area contributed by atoms with E-state index in [0.29, 0.717) is 18.7 Å². The van der Waals surface area contributed by atoms with Crippen LogP contribution in [0.3, 0.4) is 0 Å². The molecule has 0 aliphatic carbocycles. The molecule has 1 saturated heterocycles. The van der Waals surface area contributed by atoms with Crippen molar-refractivity contribution in [3.05, 3.63) is 74.2 Å². The van der Waals surface area contributed by atoms with Crippen molar-refractivity contribution in [2.24, 2.45) is 0 Å². The van der Waals surface area contributed by atoms with Crippen molar-refractivity contribution in [1.29, 1.82) is 0 Å². The number of nitrogens with one attached hydrogen (secondary N) is 1. The monoisotopic (exact) mass is 404 g/mol. The third kappa shape index (κ3) is 4.43. The topological polar surface area (TPSA) is 67.9 Å². The molecule has 1 aliphatic rings. The van der Waals surface area contributed by atoms with Crippen LogP contribution in [-0.2, 0) is 6.54 Å². The highest BCUT2D eigenvalue weighted by Crippen LogP contribution is 2.14. The van der Waals surface area contributed by atoms with Crippen LogP contribution in [0, 0.1) is 10.1 Å². The molecule has 0 aromatic heterocycles. The van der Waals surface area contributed by atoms with Crippen LogP contribution in [0.5, 0.6) is 0 Å². The van der Waals surface area contributed by atoms with Crippen LogP contribution < -0.4 is 4.90 Å². The third-order valence-corrected chi connectivity index (χ3v) is 4.98. The number of nitrogens with zero attached hydrogens (tertiary/aromatic N) is 2. The number of benzene rings is 2. The Kier molecular flexibility index (Phi) is 5.45. The number of non-ortho nitro benzene ring substituents is 1. The van der Waals surface area contributed by atoms with Gasteiger partial charge in [-0.15, -0.1) is 0 Å². The summed E-state index contributed by atoms with van der Waals surface area (Å²) in [6.45, 7) is 4.14. The molecule has 3 rings (SSSR count). The predicted octanol–water partition coefficient (Wildman–Crippen LogP) is 1.90. The summed E-state index contributed by atoms with van der Waals surface area (Å²) < 4.78 is 1.07. The number of quaternary nitrogens is 1. The van der Waals surface area contributed by atoms with Gasteiger partial charge in [0.2, 0.25) is 0 Å². The Morgan fingerprint density at radius 1 is 1.08 bits per heavy atom. The molecule has 0 atom stereocenters. The fraction of sp³-hybridized carbons (Fsp3) is 0.278. The van der Waals surface area contributed by atoms with Crippen LogP contribution in [0.25, 0.3) is 0 Å². The molecule has 1 aliphatic heterocycles. The predicted molar refractivity (Wildman–Crippen MR) is 97.5 cm³/mol. The number of hydrogen-bond donors (Lipinski definition) is 1. The Labute approximate surface area is 154 Å². The summed E-state index contributed by atoms with van der Waals surface area (Å²) in [6.07, 6.45) is 0. The summed E-state index contributed by atoms with van der Waals surface area (Å²) in [7, 11) is 0. The van der Waals surface area contributed by atoms with Gasteiger partial charge in [0.1, 0.15) is 6.54 Å². The van der Waals surface area contributed by atoms with Gasteiger partial charge in [-0.2, -0.15) is 0 Å². The Bertz CT molecular complexity index is 754. The molecule has 1 N–H and O–H groups in total. The van der Waals surface area contributed by atoms with Gasteiger partial charge in [-0.25, -0.2) is 0 Å². The molecule has 0 unspecified atom stereocenters. The number of nitro groups is 1. The average molecular weight is 405 g/mol. The van der Waals surface area contributed by atoms with Crippen molar-refractivity contribution in [2.45, 2.75) is 6.54 Å². The van der Waals surface area contributed by atoms with Gasteiger partial charge >= 0.3 is 0 Å². The first-order valence-corrected chi connectivity index (χ1v) is 8.94. The number of carbonyl (C=O) groups excluding carboxylic acids is 1. The second-order valence-corrected chi connectivity index (χ2v) is 7.07. The molecule has 1 fully saturated rings. The number of halogens is 1. The highest BCUT2D eigenvalue weighted by Gasteiger charge is 2.24. The van der Waals surface area contributed by atoms with Crippen LogP contribution in [0.1, 0.15) is 15.9 Å². The van der Waals surface area contributed by atoms with Gasteiger partial charge in [0, 0.05) is 27.7 Å². The maximum atomic E-state index is 12.5. The zero-order valence-electron chi connectivity index (χ0n) is 13.7. The van der Waals surface area contributed by atoms with E-state index in [1.165, 1.54) is 34.7 Å². The van der Waals surface area contributed by atoms with Crippen LogP contribution in [0.2, 0.25) is 0 Å². The fourth-order valence-electron chi connectivity index (χ4n) is 3.00. The van der Waals surface area contributed by atoms with Crippen LogP contribution in [0.15, 0.2) is 53.0 Å². The van der Waals surface area contributed by atoms with Crippen molar-refractivity contribution in [2.75, 3.05) is 26.2 Å². The number of piperazine rings is 1. The molecule has 0 bridgehead atoms. The van der Waals surface area contributed by atoms with E-state index in [2.05, 4.69) is 28.1 Å². The van der Waals surface area contributed by atoms with Gasteiger partial charge in [-0.3, -0.25) is 14.9 Å². The molecule has 25 heavy (non-hydrogen) atoms. The van der Waals surface area contributed by atoms with E-state index in [1.807, 2.05) is 17.0 Å². The van der Waals surface area contributed by atoms with Crippen molar-refractivity contribution in [1.82, 2.24) is 4.90 Å². The van der Waals surface area contributed by atoms with Crippen molar-refractivity contribution in [3.8, 4) is 0 Å². The highest BCUT2D eigenvalue weighted by atomic mass is 79.9. The third-order valence-electron chi connectivity index (χ3n) is 4.45. The zero-order chi connectivity index (χ0) is 17.8. The van der Waals surface area contributed by atoms with E-state index in [1.54, 1.807) is 0 Å². The number of hydrogen-bond acceptors (Lipinski definition) is 3. The first-order chi connectivity index (χ1) is 12.0. The Balaban J connectivity index is 1.55. The lowest BCUT2D eigenvalue weighted by Crippen LogP contribution is -3.13. The van der Waals surface area contributed by atoms with E-state index >= 15 is 0 Å². The molecule has 7 heteroatoms. The first kappa shape index (κ1) is 17.6. The van der Waals surface area contributed by atoms with E-state index in [0.717, 1.165) is 24.1 Å². The number of carbonyl (C=O) groups is 1. The van der Waals surface area contributed by atoms with Crippen molar-refractivity contribution >= 4 is 27.5 Å². The van der Waals surface area contributed by atoms with E-state index in [9.17, 15) is 14.9 Å². The van der Waals surface area contributed by atoms with E-state index in [4.69, 9.17) is 0 Å². The van der Waals surface area contributed by atoms with Gasteiger partial charge < -0.3 is 9.80 Å². The molecule has 2 aromatic carbocycles. The number of nitro benzene ring substituents is 1. The summed E-state index contributed by atoms with van der Waals surface area (Å²) in [4.78, 5) is 26.0. The largest absolute Gasteiger partial charge is 0.328 e. The van der Waals surface area contributed by atoms with Crippen LogP contribution >= 0.6 is 15.9 Å². The second kappa shape index (κ2) is 7.76. The van der Waals surface area contributed by atoms with Crippen molar-refractivity contribution < 1.29 is 14.6 Å². The molecule has 130 valence electrons. The highest BCUT2D eigenvalue weighted by molar-refractivity contribution is 9.10. The smallest absolute Gasteiger partial charge is 0.269 e. The molecule has 1 amide bonds. The minimum absolute atomic E-state index is 0.000289. The maximum absolute atomic E-state index is 12.5. The Morgan fingerprint density at radius 2 is 1.68 bits per heavy atom.